The second-order valence-corrected chi connectivity index (χ2v) is 5.27. The zero-order valence-corrected chi connectivity index (χ0v) is 11.9. The Hall–Kier alpha value is -2.24. The van der Waals surface area contributed by atoms with Crippen LogP contribution in [-0.4, -0.2) is 28.2 Å². The molecular formula is C15H17N3O3. The van der Waals surface area contributed by atoms with Crippen molar-refractivity contribution in [3.8, 4) is 11.4 Å². The van der Waals surface area contributed by atoms with Crippen molar-refractivity contribution in [2.24, 2.45) is 5.92 Å². The van der Waals surface area contributed by atoms with Gasteiger partial charge in [-0.1, -0.05) is 5.16 Å². The number of aromatic nitrogens is 3. The zero-order valence-electron chi connectivity index (χ0n) is 11.9. The summed E-state index contributed by atoms with van der Waals surface area (Å²) < 4.78 is 10.2. The molecule has 110 valence electrons. The topological polar surface area (TPSA) is 78.1 Å². The summed E-state index contributed by atoms with van der Waals surface area (Å²) in [6, 6.07) is 3.74. The van der Waals surface area contributed by atoms with E-state index >= 15 is 0 Å². The average Bonchev–Trinajstić information content (AvgIpc) is 3.05. The number of carbonyl (C=O) groups is 1. The maximum absolute atomic E-state index is 11.5. The van der Waals surface area contributed by atoms with E-state index in [1.165, 1.54) is 7.11 Å². The summed E-state index contributed by atoms with van der Waals surface area (Å²) in [6.07, 6.45) is 6.77. The third-order valence-corrected chi connectivity index (χ3v) is 3.97. The van der Waals surface area contributed by atoms with Gasteiger partial charge in [-0.2, -0.15) is 4.98 Å². The van der Waals surface area contributed by atoms with E-state index in [1.54, 1.807) is 12.4 Å². The van der Waals surface area contributed by atoms with E-state index in [0.29, 0.717) is 11.7 Å². The molecule has 6 heteroatoms. The molecule has 0 unspecified atom stereocenters. The van der Waals surface area contributed by atoms with Crippen molar-refractivity contribution in [2.45, 2.75) is 31.6 Å². The fourth-order valence-electron chi connectivity index (χ4n) is 2.76. The zero-order chi connectivity index (χ0) is 14.7. The first-order chi connectivity index (χ1) is 10.3. The monoisotopic (exact) mass is 287 g/mol. The largest absolute Gasteiger partial charge is 0.469 e. The van der Waals surface area contributed by atoms with Crippen LogP contribution in [0.4, 0.5) is 0 Å². The molecular weight excluding hydrogens is 270 g/mol. The molecule has 1 aliphatic carbocycles. The van der Waals surface area contributed by atoms with Crippen molar-refractivity contribution in [3.05, 3.63) is 30.4 Å². The van der Waals surface area contributed by atoms with Gasteiger partial charge >= 0.3 is 5.97 Å². The van der Waals surface area contributed by atoms with Crippen molar-refractivity contribution in [1.29, 1.82) is 0 Å². The molecule has 0 spiro atoms. The third kappa shape index (κ3) is 2.94. The Bertz CT molecular complexity index is 604. The summed E-state index contributed by atoms with van der Waals surface area (Å²) in [4.78, 5) is 20.0. The third-order valence-electron chi connectivity index (χ3n) is 3.97. The van der Waals surface area contributed by atoms with Gasteiger partial charge < -0.3 is 9.26 Å². The van der Waals surface area contributed by atoms with Crippen LogP contribution >= 0.6 is 0 Å². The molecule has 1 fully saturated rings. The molecule has 0 N–H and O–H groups in total. The molecule has 0 radical (unpaired) electrons. The standard InChI is InChI=1S/C15H17N3O3/c1-20-15(19)11-6-4-10(5-7-11)14-17-13(18-21-14)12-3-2-8-16-9-12/h2-3,8-11H,4-7H2,1H3. The summed E-state index contributed by atoms with van der Waals surface area (Å²) >= 11 is 0. The van der Waals surface area contributed by atoms with Gasteiger partial charge in [0.1, 0.15) is 0 Å². The minimum atomic E-state index is -0.116. The van der Waals surface area contributed by atoms with Crippen LogP contribution < -0.4 is 0 Å². The smallest absolute Gasteiger partial charge is 0.308 e. The number of rotatable bonds is 3. The molecule has 2 heterocycles. The Labute approximate surface area is 122 Å². The molecule has 0 saturated heterocycles. The van der Waals surface area contributed by atoms with Gasteiger partial charge in [-0.25, -0.2) is 0 Å². The number of esters is 1. The number of ether oxygens (including phenoxy) is 1. The first kappa shape index (κ1) is 13.7. The second kappa shape index (κ2) is 6.03. The number of hydrogen-bond donors (Lipinski definition) is 0. The lowest BCUT2D eigenvalue weighted by Crippen LogP contribution is -2.22. The molecule has 0 aliphatic heterocycles. The average molecular weight is 287 g/mol. The lowest BCUT2D eigenvalue weighted by molar-refractivity contribution is -0.146. The summed E-state index contributed by atoms with van der Waals surface area (Å²) in [5.74, 6) is 1.33. The fraction of sp³-hybridized carbons (Fsp3) is 0.467. The number of carbonyl (C=O) groups excluding carboxylic acids is 1. The molecule has 0 aromatic carbocycles. The van der Waals surface area contributed by atoms with Gasteiger partial charge in [-0.15, -0.1) is 0 Å². The minimum Gasteiger partial charge on any atom is -0.469 e. The van der Waals surface area contributed by atoms with Crippen LogP contribution in [0.1, 0.15) is 37.5 Å². The maximum Gasteiger partial charge on any atom is 0.308 e. The summed E-state index contributed by atoms with van der Waals surface area (Å²) in [5.41, 5.74) is 0.843. The Balaban J connectivity index is 1.67. The van der Waals surface area contributed by atoms with Gasteiger partial charge in [0.25, 0.3) is 0 Å². The number of pyridine rings is 1. The molecule has 1 saturated carbocycles. The Morgan fingerprint density at radius 3 is 2.81 bits per heavy atom. The van der Waals surface area contributed by atoms with Crippen LogP contribution in [0.15, 0.2) is 29.0 Å². The van der Waals surface area contributed by atoms with Gasteiger partial charge in [0.15, 0.2) is 0 Å². The van der Waals surface area contributed by atoms with E-state index in [0.717, 1.165) is 31.2 Å². The van der Waals surface area contributed by atoms with Crippen LogP contribution in [0.3, 0.4) is 0 Å². The van der Waals surface area contributed by atoms with Crippen molar-refractivity contribution < 1.29 is 14.1 Å². The normalized spacial score (nSPS) is 22.0. The lowest BCUT2D eigenvalue weighted by atomic mass is 9.82. The number of nitrogens with zero attached hydrogens (tertiary/aromatic N) is 3. The van der Waals surface area contributed by atoms with E-state index in [1.807, 2.05) is 12.1 Å². The van der Waals surface area contributed by atoms with E-state index in [4.69, 9.17) is 9.26 Å². The molecule has 2 aromatic rings. The van der Waals surface area contributed by atoms with E-state index in [2.05, 4.69) is 15.1 Å². The summed E-state index contributed by atoms with van der Waals surface area (Å²) in [7, 11) is 1.44. The number of methoxy groups -OCH3 is 1. The van der Waals surface area contributed by atoms with E-state index in [-0.39, 0.29) is 17.8 Å². The van der Waals surface area contributed by atoms with Crippen LogP contribution in [0.2, 0.25) is 0 Å². The van der Waals surface area contributed by atoms with Gasteiger partial charge in [-0.05, 0) is 37.8 Å². The van der Waals surface area contributed by atoms with Gasteiger partial charge in [-0.3, -0.25) is 9.78 Å². The highest BCUT2D eigenvalue weighted by atomic mass is 16.5. The number of hydrogen-bond acceptors (Lipinski definition) is 6. The minimum absolute atomic E-state index is 0.00645. The predicted molar refractivity (Wildman–Crippen MR) is 74.2 cm³/mol. The predicted octanol–water partition coefficient (Wildman–Crippen LogP) is 2.58. The van der Waals surface area contributed by atoms with Crippen molar-refractivity contribution in [3.63, 3.8) is 0 Å². The van der Waals surface area contributed by atoms with Gasteiger partial charge in [0.2, 0.25) is 11.7 Å². The van der Waals surface area contributed by atoms with Crippen LogP contribution in [-0.2, 0) is 9.53 Å². The quantitative estimate of drug-likeness (QED) is 0.807. The van der Waals surface area contributed by atoms with E-state index < -0.39 is 0 Å². The second-order valence-electron chi connectivity index (χ2n) is 5.27. The molecule has 0 bridgehead atoms. The molecule has 2 aromatic heterocycles. The fourth-order valence-corrected chi connectivity index (χ4v) is 2.76. The van der Waals surface area contributed by atoms with Crippen LogP contribution in [0.5, 0.6) is 0 Å². The molecule has 0 atom stereocenters. The van der Waals surface area contributed by atoms with Crippen molar-refractivity contribution in [2.75, 3.05) is 7.11 Å². The summed E-state index contributed by atoms with van der Waals surface area (Å²) in [5, 5.41) is 4.01. The SMILES string of the molecule is COC(=O)C1CCC(c2nc(-c3cccnc3)no2)CC1. The van der Waals surface area contributed by atoms with Crippen LogP contribution in [0.25, 0.3) is 11.4 Å². The first-order valence-electron chi connectivity index (χ1n) is 7.09. The highest BCUT2D eigenvalue weighted by Gasteiger charge is 2.30. The molecule has 1 aliphatic rings. The van der Waals surface area contributed by atoms with E-state index in [9.17, 15) is 4.79 Å². The molecule has 6 nitrogen and oxygen atoms in total. The molecule has 0 amide bonds. The highest BCUT2D eigenvalue weighted by molar-refractivity contribution is 5.72. The maximum atomic E-state index is 11.5. The van der Waals surface area contributed by atoms with Gasteiger partial charge in [0, 0.05) is 23.9 Å². The lowest BCUT2D eigenvalue weighted by Gasteiger charge is -2.24. The Kier molecular flexibility index (Phi) is 3.94. The van der Waals surface area contributed by atoms with Gasteiger partial charge in [0.05, 0.1) is 13.0 Å². The van der Waals surface area contributed by atoms with Crippen molar-refractivity contribution in [1.82, 2.24) is 15.1 Å². The molecule has 3 rings (SSSR count). The molecule has 21 heavy (non-hydrogen) atoms. The highest BCUT2D eigenvalue weighted by Crippen LogP contribution is 2.36. The first-order valence-corrected chi connectivity index (χ1v) is 7.09. The van der Waals surface area contributed by atoms with Crippen LogP contribution in [0, 0.1) is 5.92 Å². The van der Waals surface area contributed by atoms with Crippen molar-refractivity contribution >= 4 is 5.97 Å². The Morgan fingerprint density at radius 1 is 1.33 bits per heavy atom. The Morgan fingerprint density at radius 2 is 2.14 bits per heavy atom. The summed E-state index contributed by atoms with van der Waals surface area (Å²) in [6.45, 7) is 0.